The summed E-state index contributed by atoms with van der Waals surface area (Å²) >= 11 is 0. The van der Waals surface area contributed by atoms with Gasteiger partial charge in [0.2, 0.25) is 0 Å². The first kappa shape index (κ1) is 12.0. The van der Waals surface area contributed by atoms with E-state index in [4.69, 9.17) is 4.74 Å². The number of nitrogens with zero attached hydrogens (tertiary/aromatic N) is 1. The minimum Gasteiger partial charge on any atom is -0.378 e. The van der Waals surface area contributed by atoms with E-state index in [0.717, 1.165) is 0 Å². The Morgan fingerprint density at radius 3 is 2.76 bits per heavy atom. The number of anilines is 1. The maximum Gasteiger partial charge on any atom is 0.162 e. The topological polar surface area (TPSA) is 29.5 Å². The van der Waals surface area contributed by atoms with Crippen LogP contribution in [0.25, 0.3) is 0 Å². The van der Waals surface area contributed by atoms with Gasteiger partial charge in [-0.05, 0) is 18.2 Å². The molecule has 1 aromatic carbocycles. The van der Waals surface area contributed by atoms with Gasteiger partial charge in [0.1, 0.15) is 5.82 Å². The lowest BCUT2D eigenvalue weighted by atomic mass is 10.1. The molecule has 0 saturated carbocycles. The van der Waals surface area contributed by atoms with Crippen LogP contribution in [0.15, 0.2) is 18.2 Å². The summed E-state index contributed by atoms with van der Waals surface area (Å²) in [5, 5.41) is 0. The summed E-state index contributed by atoms with van der Waals surface area (Å²) in [7, 11) is 0. The van der Waals surface area contributed by atoms with E-state index >= 15 is 0 Å². The van der Waals surface area contributed by atoms with E-state index < -0.39 is 0 Å². The van der Waals surface area contributed by atoms with Crippen LogP contribution in [0.5, 0.6) is 0 Å². The number of hydrogen-bond donors (Lipinski definition) is 0. The monoisotopic (exact) mass is 237 g/mol. The van der Waals surface area contributed by atoms with Gasteiger partial charge in [0, 0.05) is 25.1 Å². The molecule has 0 atom stereocenters. The first-order valence-corrected chi connectivity index (χ1v) is 5.88. The van der Waals surface area contributed by atoms with Crippen molar-refractivity contribution in [3.8, 4) is 0 Å². The predicted octanol–water partition coefficient (Wildman–Crippen LogP) is 2.25. The maximum atomic E-state index is 13.7. The minimum absolute atomic E-state index is 0.0412. The van der Waals surface area contributed by atoms with Crippen LogP contribution in [-0.2, 0) is 4.74 Å². The first-order chi connectivity index (χ1) is 8.22. The van der Waals surface area contributed by atoms with Crippen LogP contribution in [0.3, 0.4) is 0 Å². The van der Waals surface area contributed by atoms with Crippen molar-refractivity contribution in [2.24, 2.45) is 0 Å². The Morgan fingerprint density at radius 1 is 1.41 bits per heavy atom. The second-order valence-corrected chi connectivity index (χ2v) is 4.04. The zero-order valence-corrected chi connectivity index (χ0v) is 9.91. The van der Waals surface area contributed by atoms with Crippen LogP contribution in [-0.4, -0.2) is 32.1 Å². The fourth-order valence-electron chi connectivity index (χ4n) is 1.94. The van der Waals surface area contributed by atoms with E-state index in [2.05, 4.69) is 0 Å². The van der Waals surface area contributed by atoms with Crippen molar-refractivity contribution in [3.05, 3.63) is 29.6 Å². The van der Waals surface area contributed by atoms with Gasteiger partial charge in [-0.15, -0.1) is 0 Å². The predicted molar refractivity (Wildman–Crippen MR) is 64.1 cm³/mol. The SMILES string of the molecule is CCC(=O)c1ccc(F)c(N2CCOCC2)c1. The average molecular weight is 237 g/mol. The third-order valence-corrected chi connectivity index (χ3v) is 2.94. The molecule has 1 fully saturated rings. The van der Waals surface area contributed by atoms with Gasteiger partial charge in [-0.25, -0.2) is 4.39 Å². The number of carbonyl (C=O) groups excluding carboxylic acids is 1. The van der Waals surface area contributed by atoms with E-state index in [1.807, 2.05) is 4.90 Å². The van der Waals surface area contributed by atoms with Gasteiger partial charge in [-0.1, -0.05) is 6.92 Å². The normalized spacial score (nSPS) is 16.0. The molecule has 0 amide bonds. The Balaban J connectivity index is 2.28. The molecule has 0 N–H and O–H groups in total. The fraction of sp³-hybridized carbons (Fsp3) is 0.462. The van der Waals surface area contributed by atoms with Crippen molar-refractivity contribution in [2.45, 2.75) is 13.3 Å². The number of carbonyl (C=O) groups is 1. The van der Waals surface area contributed by atoms with Crippen LogP contribution < -0.4 is 4.90 Å². The molecule has 0 aromatic heterocycles. The molecule has 1 aliphatic heterocycles. The lowest BCUT2D eigenvalue weighted by Gasteiger charge is -2.29. The van der Waals surface area contributed by atoms with Crippen LogP contribution in [0, 0.1) is 5.82 Å². The summed E-state index contributed by atoms with van der Waals surface area (Å²) < 4.78 is 19.0. The largest absolute Gasteiger partial charge is 0.378 e. The number of hydrogen-bond acceptors (Lipinski definition) is 3. The molecule has 1 aromatic rings. The molecule has 2 rings (SSSR count). The minimum atomic E-state index is -0.278. The Morgan fingerprint density at radius 2 is 2.12 bits per heavy atom. The van der Waals surface area contributed by atoms with E-state index in [0.29, 0.717) is 44.0 Å². The number of Topliss-reactive ketones (excluding diaryl/α,β-unsaturated/α-hetero) is 1. The summed E-state index contributed by atoms with van der Waals surface area (Å²) in [5.74, 6) is -0.237. The second-order valence-electron chi connectivity index (χ2n) is 4.04. The fourth-order valence-corrected chi connectivity index (χ4v) is 1.94. The number of halogens is 1. The van der Waals surface area contributed by atoms with E-state index in [9.17, 15) is 9.18 Å². The van der Waals surface area contributed by atoms with Gasteiger partial charge in [-0.3, -0.25) is 4.79 Å². The van der Waals surface area contributed by atoms with Crippen molar-refractivity contribution < 1.29 is 13.9 Å². The third-order valence-electron chi connectivity index (χ3n) is 2.94. The quantitative estimate of drug-likeness (QED) is 0.755. The van der Waals surface area contributed by atoms with Gasteiger partial charge in [0.05, 0.1) is 18.9 Å². The van der Waals surface area contributed by atoms with Crippen molar-refractivity contribution in [1.29, 1.82) is 0 Å². The van der Waals surface area contributed by atoms with Crippen LogP contribution in [0.1, 0.15) is 23.7 Å². The summed E-state index contributed by atoms with van der Waals surface area (Å²) in [4.78, 5) is 13.5. The van der Waals surface area contributed by atoms with E-state index in [-0.39, 0.29) is 11.6 Å². The molecule has 0 bridgehead atoms. The lowest BCUT2D eigenvalue weighted by molar-refractivity contribution is 0.0988. The molecule has 1 saturated heterocycles. The highest BCUT2D eigenvalue weighted by Crippen LogP contribution is 2.22. The van der Waals surface area contributed by atoms with Gasteiger partial charge < -0.3 is 9.64 Å². The highest BCUT2D eigenvalue weighted by molar-refractivity contribution is 5.96. The Bertz CT molecular complexity index is 414. The number of rotatable bonds is 3. The summed E-state index contributed by atoms with van der Waals surface area (Å²) in [6, 6.07) is 4.56. The molecule has 3 nitrogen and oxygen atoms in total. The standard InChI is InChI=1S/C13H16FNO2/c1-2-13(16)10-3-4-11(14)12(9-10)15-5-7-17-8-6-15/h3-4,9H,2,5-8H2,1H3. The molecular formula is C13H16FNO2. The molecule has 1 aliphatic rings. The summed E-state index contributed by atoms with van der Waals surface area (Å²) in [6.45, 7) is 4.35. The van der Waals surface area contributed by atoms with Gasteiger partial charge >= 0.3 is 0 Å². The molecule has 0 radical (unpaired) electrons. The van der Waals surface area contributed by atoms with Crippen molar-refractivity contribution in [3.63, 3.8) is 0 Å². The molecule has 92 valence electrons. The van der Waals surface area contributed by atoms with Crippen LogP contribution >= 0.6 is 0 Å². The van der Waals surface area contributed by atoms with Crippen molar-refractivity contribution in [1.82, 2.24) is 0 Å². The molecular weight excluding hydrogens is 221 g/mol. The molecule has 0 spiro atoms. The molecule has 1 heterocycles. The molecule has 4 heteroatoms. The third kappa shape index (κ3) is 2.64. The summed E-state index contributed by atoms with van der Waals surface area (Å²) in [6.07, 6.45) is 0.439. The smallest absolute Gasteiger partial charge is 0.162 e. The maximum absolute atomic E-state index is 13.7. The highest BCUT2D eigenvalue weighted by Gasteiger charge is 2.16. The number of ketones is 1. The second kappa shape index (κ2) is 5.27. The number of benzene rings is 1. The molecule has 0 aliphatic carbocycles. The van der Waals surface area contributed by atoms with Gasteiger partial charge in [-0.2, -0.15) is 0 Å². The van der Waals surface area contributed by atoms with Crippen LogP contribution in [0.4, 0.5) is 10.1 Å². The molecule has 17 heavy (non-hydrogen) atoms. The Kier molecular flexibility index (Phi) is 3.74. The number of ether oxygens (including phenoxy) is 1. The number of morpholine rings is 1. The van der Waals surface area contributed by atoms with Crippen molar-refractivity contribution in [2.75, 3.05) is 31.2 Å². The zero-order chi connectivity index (χ0) is 12.3. The van der Waals surface area contributed by atoms with Gasteiger partial charge in [0.25, 0.3) is 0 Å². The zero-order valence-electron chi connectivity index (χ0n) is 9.91. The molecule has 0 unspecified atom stereocenters. The average Bonchev–Trinajstić information content (AvgIpc) is 2.39. The van der Waals surface area contributed by atoms with Crippen LogP contribution in [0.2, 0.25) is 0 Å². The first-order valence-electron chi connectivity index (χ1n) is 5.88. The van der Waals surface area contributed by atoms with E-state index in [1.165, 1.54) is 6.07 Å². The highest BCUT2D eigenvalue weighted by atomic mass is 19.1. The van der Waals surface area contributed by atoms with Gasteiger partial charge in [0.15, 0.2) is 5.78 Å². The van der Waals surface area contributed by atoms with Crippen molar-refractivity contribution >= 4 is 11.5 Å². The summed E-state index contributed by atoms with van der Waals surface area (Å²) in [5.41, 5.74) is 1.09. The lowest BCUT2D eigenvalue weighted by Crippen LogP contribution is -2.36. The Labute approximate surface area is 100 Å². The van der Waals surface area contributed by atoms with E-state index in [1.54, 1.807) is 19.1 Å². The Hall–Kier alpha value is -1.42.